The fourth-order valence-corrected chi connectivity index (χ4v) is 5.89. The summed E-state index contributed by atoms with van der Waals surface area (Å²) < 4.78 is 29.7. The second-order valence-corrected chi connectivity index (χ2v) is 9.32. The van der Waals surface area contributed by atoms with Crippen LogP contribution in [0.1, 0.15) is 0 Å². The Morgan fingerprint density at radius 3 is 2.68 bits per heavy atom. The molecule has 0 radical (unpaired) electrons. The molecule has 11 heteroatoms. The summed E-state index contributed by atoms with van der Waals surface area (Å²) in [5, 5.41) is 0.747. The van der Waals surface area contributed by atoms with E-state index < -0.39 is 29.1 Å². The molecule has 0 N–H and O–H groups in total. The normalized spacial score (nSPS) is 15.7. The van der Waals surface area contributed by atoms with Crippen molar-refractivity contribution in [3.8, 4) is 11.1 Å². The molecule has 1 fully saturated rings. The van der Waals surface area contributed by atoms with Crippen LogP contribution in [0, 0.1) is 11.6 Å². The number of thioether (sulfide) groups is 1. The molecule has 1 saturated heterocycles. The number of anilines is 1. The van der Waals surface area contributed by atoms with Gasteiger partial charge in [-0.05, 0) is 24.3 Å². The van der Waals surface area contributed by atoms with Gasteiger partial charge in [0.1, 0.15) is 17.5 Å². The molecule has 3 aromatic rings. The van der Waals surface area contributed by atoms with Gasteiger partial charge < -0.3 is 4.90 Å². The first-order valence-corrected chi connectivity index (χ1v) is 11.7. The Labute approximate surface area is 201 Å². The van der Waals surface area contributed by atoms with E-state index in [1.165, 1.54) is 22.4 Å². The zero-order valence-corrected chi connectivity index (χ0v) is 19.3. The second-order valence-electron chi connectivity index (χ2n) is 7.81. The molecule has 0 atom stereocenters. The lowest BCUT2D eigenvalue weighted by atomic mass is 10.0. The molecule has 7 nitrogen and oxygen atoms in total. The zero-order chi connectivity index (χ0) is 24.1. The van der Waals surface area contributed by atoms with Gasteiger partial charge in [0.05, 0.1) is 17.1 Å². The Kier molecular flexibility index (Phi) is 5.65. The summed E-state index contributed by atoms with van der Waals surface area (Å²) in [5.41, 5.74) is 0.529. The SMILES string of the molecule is C=CC(=O)N1CCN(c2nc(=O)n3c4c(c(-c5ccc(F)cc5F)c(Cl)cc24)SCC3)CC1=O. The van der Waals surface area contributed by atoms with Crippen LogP contribution in [0.4, 0.5) is 14.6 Å². The Hall–Kier alpha value is -3.24. The number of rotatable bonds is 3. The third-order valence-electron chi connectivity index (χ3n) is 5.87. The first-order chi connectivity index (χ1) is 16.3. The van der Waals surface area contributed by atoms with E-state index in [0.29, 0.717) is 33.7 Å². The summed E-state index contributed by atoms with van der Waals surface area (Å²) in [6, 6.07) is 4.85. The molecule has 2 aliphatic heterocycles. The number of hydrogen-bond donors (Lipinski definition) is 0. The lowest BCUT2D eigenvalue weighted by Gasteiger charge is -2.34. The van der Waals surface area contributed by atoms with E-state index in [9.17, 15) is 23.2 Å². The average molecular weight is 503 g/mol. The number of piperazine rings is 1. The highest BCUT2D eigenvalue weighted by atomic mass is 35.5. The van der Waals surface area contributed by atoms with E-state index >= 15 is 0 Å². The summed E-state index contributed by atoms with van der Waals surface area (Å²) in [6.45, 7) is 4.04. The maximum absolute atomic E-state index is 14.7. The number of amides is 2. The maximum atomic E-state index is 14.7. The van der Waals surface area contributed by atoms with Crippen molar-refractivity contribution >= 4 is 51.9 Å². The molecule has 174 valence electrons. The fraction of sp³-hybridized carbons (Fsp3) is 0.217. The molecule has 2 aromatic carbocycles. The van der Waals surface area contributed by atoms with Crippen molar-refractivity contribution in [1.82, 2.24) is 14.5 Å². The molecule has 0 unspecified atom stereocenters. The van der Waals surface area contributed by atoms with Crippen LogP contribution in [-0.2, 0) is 16.1 Å². The van der Waals surface area contributed by atoms with Crippen molar-refractivity contribution in [3.05, 3.63) is 64.1 Å². The number of aromatic nitrogens is 2. The van der Waals surface area contributed by atoms with E-state index in [4.69, 9.17) is 11.6 Å². The summed E-state index contributed by atoms with van der Waals surface area (Å²) in [7, 11) is 0. The minimum absolute atomic E-state index is 0.115. The van der Waals surface area contributed by atoms with E-state index in [1.807, 2.05) is 0 Å². The Bertz CT molecular complexity index is 1460. The highest BCUT2D eigenvalue weighted by molar-refractivity contribution is 7.99. The summed E-state index contributed by atoms with van der Waals surface area (Å²) in [4.78, 5) is 45.0. The van der Waals surface area contributed by atoms with Crippen molar-refractivity contribution < 1.29 is 18.4 Å². The predicted octanol–water partition coefficient (Wildman–Crippen LogP) is 3.46. The van der Waals surface area contributed by atoms with Gasteiger partial charge >= 0.3 is 5.69 Å². The quantitative estimate of drug-likeness (QED) is 0.511. The van der Waals surface area contributed by atoms with Gasteiger partial charge in [-0.1, -0.05) is 18.2 Å². The number of benzene rings is 2. The lowest BCUT2D eigenvalue weighted by Crippen LogP contribution is -2.52. The number of hydrogen-bond acceptors (Lipinski definition) is 6. The maximum Gasteiger partial charge on any atom is 0.350 e. The van der Waals surface area contributed by atoms with Crippen LogP contribution in [0.15, 0.2) is 46.6 Å². The zero-order valence-electron chi connectivity index (χ0n) is 17.7. The van der Waals surface area contributed by atoms with Crippen LogP contribution in [0.3, 0.4) is 0 Å². The molecule has 2 aliphatic rings. The lowest BCUT2D eigenvalue weighted by molar-refractivity contribution is -0.142. The molecule has 0 saturated carbocycles. The van der Waals surface area contributed by atoms with E-state index in [2.05, 4.69) is 11.6 Å². The summed E-state index contributed by atoms with van der Waals surface area (Å²) >= 11 is 8.05. The molecule has 0 bridgehead atoms. The van der Waals surface area contributed by atoms with Crippen LogP contribution in [0.25, 0.3) is 22.0 Å². The number of nitrogens with zero attached hydrogens (tertiary/aromatic N) is 4. The Balaban J connectivity index is 1.70. The number of halogens is 3. The van der Waals surface area contributed by atoms with Gasteiger partial charge in [0.25, 0.3) is 5.91 Å². The predicted molar refractivity (Wildman–Crippen MR) is 126 cm³/mol. The van der Waals surface area contributed by atoms with Crippen LogP contribution >= 0.6 is 23.4 Å². The van der Waals surface area contributed by atoms with E-state index in [0.717, 1.165) is 23.1 Å². The third-order valence-corrected chi connectivity index (χ3v) is 7.24. The third kappa shape index (κ3) is 3.57. The summed E-state index contributed by atoms with van der Waals surface area (Å²) in [5.74, 6) is -1.58. The van der Waals surface area contributed by atoms with E-state index in [-0.39, 0.29) is 36.0 Å². The Morgan fingerprint density at radius 2 is 1.97 bits per heavy atom. The van der Waals surface area contributed by atoms with Crippen molar-refractivity contribution in [2.24, 2.45) is 0 Å². The molecular weight excluding hydrogens is 486 g/mol. The Morgan fingerprint density at radius 1 is 1.18 bits per heavy atom. The molecule has 2 amide bonds. The molecule has 3 heterocycles. The van der Waals surface area contributed by atoms with E-state index in [1.54, 1.807) is 11.0 Å². The van der Waals surface area contributed by atoms with Gasteiger partial charge in [0, 0.05) is 52.9 Å². The average Bonchev–Trinajstić information content (AvgIpc) is 2.81. The van der Waals surface area contributed by atoms with Gasteiger partial charge in [-0.2, -0.15) is 4.98 Å². The van der Waals surface area contributed by atoms with Crippen molar-refractivity contribution in [1.29, 1.82) is 0 Å². The van der Waals surface area contributed by atoms with Crippen LogP contribution in [-0.4, -0.2) is 51.7 Å². The molecule has 0 spiro atoms. The smallest absolute Gasteiger partial charge is 0.345 e. The fourth-order valence-electron chi connectivity index (χ4n) is 4.33. The van der Waals surface area contributed by atoms with Gasteiger partial charge in [-0.25, -0.2) is 13.6 Å². The summed E-state index contributed by atoms with van der Waals surface area (Å²) in [6.07, 6.45) is 1.08. The highest BCUT2D eigenvalue weighted by Gasteiger charge is 2.31. The van der Waals surface area contributed by atoms with Crippen molar-refractivity contribution in [3.63, 3.8) is 0 Å². The monoisotopic (exact) mass is 502 g/mol. The van der Waals surface area contributed by atoms with Crippen LogP contribution in [0.2, 0.25) is 5.02 Å². The standard InChI is InChI=1S/C23H17ClF2N4O3S/c1-2-17(31)29-6-5-28(11-18(29)32)22-14-10-15(24)19(13-4-3-12(25)9-16(13)26)21-20(14)30(7-8-34-21)23(33)27-22/h2-4,9-10H,1,5-8,11H2. The molecular formula is C23H17ClF2N4O3S. The second kappa shape index (κ2) is 8.52. The van der Waals surface area contributed by atoms with Crippen LogP contribution < -0.4 is 10.6 Å². The largest absolute Gasteiger partial charge is 0.350 e. The molecule has 1 aromatic heterocycles. The van der Waals surface area contributed by atoms with Gasteiger partial charge in [-0.15, -0.1) is 11.8 Å². The number of carbonyl (C=O) groups is 2. The minimum Gasteiger partial charge on any atom is -0.345 e. The van der Waals surface area contributed by atoms with Crippen molar-refractivity contribution in [2.75, 3.05) is 30.3 Å². The first-order valence-electron chi connectivity index (χ1n) is 10.4. The number of aryl methyl sites for hydroxylation is 1. The topological polar surface area (TPSA) is 75.5 Å². The van der Waals surface area contributed by atoms with Gasteiger partial charge in [0.2, 0.25) is 5.91 Å². The minimum atomic E-state index is -0.763. The van der Waals surface area contributed by atoms with Gasteiger partial charge in [-0.3, -0.25) is 19.1 Å². The molecule has 5 rings (SSSR count). The van der Waals surface area contributed by atoms with Crippen molar-refractivity contribution in [2.45, 2.75) is 11.4 Å². The highest BCUT2D eigenvalue weighted by Crippen LogP contribution is 2.46. The number of imide groups is 1. The number of carbonyl (C=O) groups excluding carboxylic acids is 2. The first kappa shape index (κ1) is 22.5. The van der Waals surface area contributed by atoms with Crippen LogP contribution in [0.5, 0.6) is 0 Å². The molecule has 34 heavy (non-hydrogen) atoms. The molecule has 0 aliphatic carbocycles. The van der Waals surface area contributed by atoms with Gasteiger partial charge in [0.15, 0.2) is 0 Å².